The summed E-state index contributed by atoms with van der Waals surface area (Å²) >= 11 is 2.96. The first-order valence-electron chi connectivity index (χ1n) is 1.29. The zero-order chi connectivity index (χ0) is 4.41. The van der Waals surface area contributed by atoms with Gasteiger partial charge in [0, 0.05) is 0 Å². The Bertz CT molecular complexity index is 111. The predicted molar refractivity (Wildman–Crippen MR) is 22.1 cm³/mol. The van der Waals surface area contributed by atoms with Crippen LogP contribution in [0.1, 0.15) is 0 Å². The maximum Gasteiger partial charge on any atom is 0.151 e. The van der Waals surface area contributed by atoms with Crippen LogP contribution in [0, 0.1) is 0 Å². The summed E-state index contributed by atoms with van der Waals surface area (Å²) in [6, 6.07) is 0. The summed E-state index contributed by atoms with van der Waals surface area (Å²) in [4.78, 5) is 0. The van der Waals surface area contributed by atoms with Crippen molar-refractivity contribution in [2.45, 2.75) is 0 Å². The zero-order valence-corrected chi connectivity index (χ0v) is 4.33. The quantitative estimate of drug-likeness (QED) is 0.514. The van der Waals surface area contributed by atoms with Gasteiger partial charge in [-0.1, -0.05) is 0 Å². The molecule has 0 amide bonds. The van der Waals surface area contributed by atoms with Crippen LogP contribution in [-0.2, 0) is 0 Å². The van der Waals surface area contributed by atoms with Gasteiger partial charge in [-0.3, -0.25) is 0 Å². The molecule has 6 heavy (non-hydrogen) atoms. The van der Waals surface area contributed by atoms with Crippen LogP contribution in [0.4, 0.5) is 0 Å². The fourth-order valence-corrected chi connectivity index (χ4v) is 0.295. The third-order valence-corrected chi connectivity index (χ3v) is 0.649. The van der Waals surface area contributed by atoms with Gasteiger partial charge in [-0.15, -0.1) is 5.10 Å². The Kier molecular flexibility index (Phi) is 0.831. The molecule has 0 fully saturated rings. The molecule has 32 valence electrons. The third-order valence-electron chi connectivity index (χ3n) is 0.324. The SMILES string of the molecule is Brn1cnnn1. The van der Waals surface area contributed by atoms with Gasteiger partial charge in [0.25, 0.3) is 0 Å². The molecule has 0 aromatic carbocycles. The van der Waals surface area contributed by atoms with E-state index in [9.17, 15) is 0 Å². The van der Waals surface area contributed by atoms with E-state index in [1.807, 2.05) is 0 Å². The summed E-state index contributed by atoms with van der Waals surface area (Å²) in [7, 11) is 0. The second-order valence-corrected chi connectivity index (χ2v) is 1.43. The molecule has 0 spiro atoms. The molecule has 0 N–H and O–H groups in total. The van der Waals surface area contributed by atoms with E-state index in [-0.39, 0.29) is 0 Å². The van der Waals surface area contributed by atoms with Gasteiger partial charge in [0.05, 0.1) is 16.1 Å². The average Bonchev–Trinajstić information content (AvgIpc) is 1.86. The fourth-order valence-electron chi connectivity index (χ4n) is 0.150. The molecular weight excluding hydrogens is 148 g/mol. The van der Waals surface area contributed by atoms with Crippen molar-refractivity contribution in [1.82, 2.24) is 19.2 Å². The lowest BCUT2D eigenvalue weighted by Gasteiger charge is -1.66. The second-order valence-electron chi connectivity index (χ2n) is 0.698. The Labute approximate surface area is 42.5 Å². The molecule has 0 unspecified atom stereocenters. The highest BCUT2D eigenvalue weighted by Crippen LogP contribution is 1.78. The Hall–Kier alpha value is -0.450. The molecule has 0 aliphatic carbocycles. The molecule has 1 aromatic heterocycles. The highest BCUT2D eigenvalue weighted by molar-refractivity contribution is 9.08. The van der Waals surface area contributed by atoms with Crippen LogP contribution >= 0.6 is 16.1 Å². The lowest BCUT2D eigenvalue weighted by Crippen LogP contribution is -1.75. The first-order valence-corrected chi connectivity index (χ1v) is 1.99. The largest absolute Gasteiger partial charge is 0.165 e. The van der Waals surface area contributed by atoms with E-state index in [1.54, 1.807) is 0 Å². The summed E-state index contributed by atoms with van der Waals surface area (Å²) in [6.45, 7) is 0. The maximum absolute atomic E-state index is 3.39. The van der Waals surface area contributed by atoms with Crippen molar-refractivity contribution in [2.75, 3.05) is 0 Å². The van der Waals surface area contributed by atoms with Crippen LogP contribution in [0.25, 0.3) is 0 Å². The summed E-state index contributed by atoms with van der Waals surface area (Å²) < 4.78 is 1.34. The smallest absolute Gasteiger partial charge is 0.151 e. The van der Waals surface area contributed by atoms with Gasteiger partial charge in [0.15, 0.2) is 6.33 Å². The molecule has 0 bridgehead atoms. The van der Waals surface area contributed by atoms with Crippen molar-refractivity contribution in [3.8, 4) is 0 Å². The number of rotatable bonds is 0. The average molecular weight is 149 g/mol. The summed E-state index contributed by atoms with van der Waals surface area (Å²) in [5.74, 6) is 0. The van der Waals surface area contributed by atoms with Gasteiger partial charge in [-0.25, -0.2) is 0 Å². The Balaban J connectivity index is 3.05. The van der Waals surface area contributed by atoms with Crippen molar-refractivity contribution in [2.24, 2.45) is 0 Å². The molecule has 0 saturated heterocycles. The highest BCUT2D eigenvalue weighted by atomic mass is 79.9. The normalized spacial score (nSPS) is 8.83. The van der Waals surface area contributed by atoms with E-state index in [0.29, 0.717) is 0 Å². The van der Waals surface area contributed by atoms with E-state index >= 15 is 0 Å². The van der Waals surface area contributed by atoms with Crippen LogP contribution in [0.3, 0.4) is 0 Å². The third kappa shape index (κ3) is 0.538. The minimum atomic E-state index is 1.34. The summed E-state index contributed by atoms with van der Waals surface area (Å²) in [5.41, 5.74) is 0. The number of aromatic nitrogens is 4. The van der Waals surface area contributed by atoms with E-state index in [4.69, 9.17) is 0 Å². The molecule has 1 rings (SSSR count). The molecule has 0 radical (unpaired) electrons. The van der Waals surface area contributed by atoms with Gasteiger partial charge in [-0.2, -0.15) is 3.71 Å². The zero-order valence-electron chi connectivity index (χ0n) is 2.74. The molecule has 0 aliphatic rings. The lowest BCUT2D eigenvalue weighted by atomic mass is 11.4. The Morgan fingerprint density at radius 3 is 2.67 bits per heavy atom. The Morgan fingerprint density at radius 2 is 2.50 bits per heavy atom. The van der Waals surface area contributed by atoms with Crippen LogP contribution in [0.5, 0.6) is 0 Å². The molecule has 1 aromatic rings. The van der Waals surface area contributed by atoms with Crippen molar-refractivity contribution < 1.29 is 0 Å². The van der Waals surface area contributed by atoms with Crippen LogP contribution < -0.4 is 0 Å². The van der Waals surface area contributed by atoms with Gasteiger partial charge in [-0.05, 0) is 10.4 Å². The van der Waals surface area contributed by atoms with Gasteiger partial charge in [0.1, 0.15) is 0 Å². The fraction of sp³-hybridized carbons (Fsp3) is 0. The van der Waals surface area contributed by atoms with Crippen molar-refractivity contribution in [3.63, 3.8) is 0 Å². The minimum Gasteiger partial charge on any atom is -0.165 e. The van der Waals surface area contributed by atoms with E-state index < -0.39 is 0 Å². The summed E-state index contributed by atoms with van der Waals surface area (Å²) in [6.07, 6.45) is 1.44. The number of tetrazole rings is 1. The standard InChI is InChI=1S/CHBrN4/c2-6-1-3-4-5-6/h1H. The van der Waals surface area contributed by atoms with E-state index in [0.717, 1.165) is 0 Å². The number of hydrogen-bond acceptors (Lipinski definition) is 3. The number of halogens is 1. The summed E-state index contributed by atoms with van der Waals surface area (Å²) in [5, 5.41) is 10.0. The van der Waals surface area contributed by atoms with Crippen LogP contribution in [0.15, 0.2) is 6.33 Å². The molecule has 4 nitrogen and oxygen atoms in total. The van der Waals surface area contributed by atoms with Crippen LogP contribution in [0.2, 0.25) is 0 Å². The maximum atomic E-state index is 3.39. The topological polar surface area (TPSA) is 43.6 Å². The molecular formula is CHBrN4. The lowest BCUT2D eigenvalue weighted by molar-refractivity contribution is 0.861. The molecule has 5 heteroatoms. The van der Waals surface area contributed by atoms with E-state index in [1.165, 1.54) is 10.0 Å². The second kappa shape index (κ2) is 1.34. The Morgan fingerprint density at radius 1 is 1.67 bits per heavy atom. The highest BCUT2D eigenvalue weighted by Gasteiger charge is 1.75. The predicted octanol–water partition coefficient (Wildman–Crippen LogP) is -0.169. The molecule has 0 atom stereocenters. The van der Waals surface area contributed by atoms with Crippen LogP contribution in [-0.4, -0.2) is 19.2 Å². The number of hydrogen-bond donors (Lipinski definition) is 0. The minimum absolute atomic E-state index is 1.34. The molecule has 1 heterocycles. The van der Waals surface area contributed by atoms with Crippen molar-refractivity contribution in [3.05, 3.63) is 6.33 Å². The van der Waals surface area contributed by atoms with Crippen molar-refractivity contribution in [1.29, 1.82) is 0 Å². The van der Waals surface area contributed by atoms with E-state index in [2.05, 4.69) is 31.7 Å². The van der Waals surface area contributed by atoms with Crippen molar-refractivity contribution >= 4 is 16.1 Å². The first-order chi connectivity index (χ1) is 2.89. The van der Waals surface area contributed by atoms with Gasteiger partial charge in [0.2, 0.25) is 0 Å². The molecule has 0 saturated carbocycles. The number of nitrogens with zero attached hydrogens (tertiary/aromatic N) is 4. The van der Waals surface area contributed by atoms with Gasteiger partial charge < -0.3 is 0 Å². The monoisotopic (exact) mass is 148 g/mol. The molecule has 0 aliphatic heterocycles. The first kappa shape index (κ1) is 3.73. The van der Waals surface area contributed by atoms with Gasteiger partial charge >= 0.3 is 0 Å².